The van der Waals surface area contributed by atoms with E-state index in [4.69, 9.17) is 0 Å². The molecule has 2 aromatic heterocycles. The van der Waals surface area contributed by atoms with Crippen molar-refractivity contribution in [1.82, 2.24) is 14.8 Å². The molecule has 0 fully saturated rings. The van der Waals surface area contributed by atoms with Crippen LogP contribution in [0.15, 0.2) is 24.7 Å². The highest BCUT2D eigenvalue weighted by Crippen LogP contribution is 2.24. The van der Waals surface area contributed by atoms with Gasteiger partial charge in [-0.25, -0.2) is 0 Å². The maximum Gasteiger partial charge on any atom is 0.109 e. The molecule has 1 N–H and O–H groups in total. The molecule has 0 aliphatic carbocycles. The van der Waals surface area contributed by atoms with E-state index in [0.717, 1.165) is 28.8 Å². The summed E-state index contributed by atoms with van der Waals surface area (Å²) in [6.07, 6.45) is 5.51. The fourth-order valence-electron chi connectivity index (χ4n) is 1.96. The van der Waals surface area contributed by atoms with Crippen molar-refractivity contribution in [1.29, 1.82) is 0 Å². The first-order valence-corrected chi connectivity index (χ1v) is 5.74. The summed E-state index contributed by atoms with van der Waals surface area (Å²) in [6.45, 7) is 4.00. The van der Waals surface area contributed by atoms with Crippen molar-refractivity contribution in [2.45, 2.75) is 26.4 Å². The number of aryl methyl sites for hydroxylation is 3. The Labute approximate surface area is 101 Å². The molecule has 4 heteroatoms. The Balaban J connectivity index is 2.39. The summed E-state index contributed by atoms with van der Waals surface area (Å²) < 4.78 is 1.74. The van der Waals surface area contributed by atoms with Gasteiger partial charge in [0, 0.05) is 36.8 Å². The van der Waals surface area contributed by atoms with Crippen molar-refractivity contribution in [3.63, 3.8) is 0 Å². The van der Waals surface area contributed by atoms with Crippen LogP contribution in [0.25, 0.3) is 0 Å². The topological polar surface area (TPSA) is 50.9 Å². The number of hydrogen-bond acceptors (Lipinski definition) is 3. The standard InChI is InChI=1S/C13H17N3O/c1-4-12-11(8-16(3)15-12)13(17)10-5-9(2)6-14-7-10/h5-8,13,17H,4H2,1-3H3. The molecule has 90 valence electrons. The molecular weight excluding hydrogens is 214 g/mol. The van der Waals surface area contributed by atoms with Gasteiger partial charge in [0.05, 0.1) is 5.69 Å². The van der Waals surface area contributed by atoms with Gasteiger partial charge in [0.1, 0.15) is 6.10 Å². The lowest BCUT2D eigenvalue weighted by molar-refractivity contribution is 0.218. The van der Waals surface area contributed by atoms with Gasteiger partial charge in [-0.1, -0.05) is 13.0 Å². The van der Waals surface area contributed by atoms with Crippen LogP contribution in [0, 0.1) is 6.92 Å². The molecule has 0 spiro atoms. The molecule has 1 atom stereocenters. The van der Waals surface area contributed by atoms with E-state index in [0.29, 0.717) is 0 Å². The molecule has 0 bridgehead atoms. The summed E-state index contributed by atoms with van der Waals surface area (Å²) in [5, 5.41) is 14.7. The molecular formula is C13H17N3O. The Morgan fingerprint density at radius 2 is 2.18 bits per heavy atom. The molecule has 2 heterocycles. The van der Waals surface area contributed by atoms with Gasteiger partial charge in [0.25, 0.3) is 0 Å². The molecule has 0 aliphatic heterocycles. The van der Waals surface area contributed by atoms with E-state index in [1.54, 1.807) is 17.1 Å². The lowest BCUT2D eigenvalue weighted by Gasteiger charge is -2.10. The first-order chi connectivity index (χ1) is 8.11. The molecule has 17 heavy (non-hydrogen) atoms. The average Bonchev–Trinajstić information content (AvgIpc) is 2.69. The fourth-order valence-corrected chi connectivity index (χ4v) is 1.96. The van der Waals surface area contributed by atoms with Gasteiger partial charge in [0.15, 0.2) is 0 Å². The number of aliphatic hydroxyl groups excluding tert-OH is 1. The second-order valence-electron chi connectivity index (χ2n) is 4.26. The molecule has 2 rings (SSSR count). The lowest BCUT2D eigenvalue weighted by atomic mass is 10.0. The van der Waals surface area contributed by atoms with Crippen LogP contribution < -0.4 is 0 Å². The summed E-state index contributed by atoms with van der Waals surface area (Å²) in [6, 6.07) is 1.95. The number of nitrogens with zero attached hydrogens (tertiary/aromatic N) is 3. The summed E-state index contributed by atoms with van der Waals surface area (Å²) in [7, 11) is 1.86. The zero-order valence-corrected chi connectivity index (χ0v) is 10.4. The van der Waals surface area contributed by atoms with Gasteiger partial charge in [-0.3, -0.25) is 9.67 Å². The summed E-state index contributed by atoms with van der Waals surface area (Å²) in [5.74, 6) is 0. The Hall–Kier alpha value is -1.68. The number of pyridine rings is 1. The predicted octanol–water partition coefficient (Wildman–Crippen LogP) is 1.77. The molecule has 2 aromatic rings. The van der Waals surface area contributed by atoms with Crippen LogP contribution in [0.5, 0.6) is 0 Å². The van der Waals surface area contributed by atoms with Crippen molar-refractivity contribution in [2.75, 3.05) is 0 Å². The highest BCUT2D eigenvalue weighted by atomic mass is 16.3. The molecule has 0 radical (unpaired) electrons. The Morgan fingerprint density at radius 3 is 2.82 bits per heavy atom. The van der Waals surface area contributed by atoms with Crippen LogP contribution in [0.4, 0.5) is 0 Å². The Kier molecular flexibility index (Phi) is 3.24. The predicted molar refractivity (Wildman–Crippen MR) is 65.6 cm³/mol. The highest BCUT2D eigenvalue weighted by molar-refractivity contribution is 5.31. The van der Waals surface area contributed by atoms with Crippen molar-refractivity contribution >= 4 is 0 Å². The van der Waals surface area contributed by atoms with E-state index < -0.39 is 6.10 Å². The molecule has 0 aliphatic rings. The summed E-state index contributed by atoms with van der Waals surface area (Å²) >= 11 is 0. The third-order valence-corrected chi connectivity index (χ3v) is 2.78. The van der Waals surface area contributed by atoms with Crippen molar-refractivity contribution in [3.8, 4) is 0 Å². The third kappa shape index (κ3) is 2.36. The monoisotopic (exact) mass is 231 g/mol. The average molecular weight is 231 g/mol. The first-order valence-electron chi connectivity index (χ1n) is 5.74. The Bertz CT molecular complexity index is 519. The fraction of sp³-hybridized carbons (Fsp3) is 0.385. The minimum atomic E-state index is -0.647. The van der Waals surface area contributed by atoms with Gasteiger partial charge >= 0.3 is 0 Å². The SMILES string of the molecule is CCc1nn(C)cc1C(O)c1cncc(C)c1. The van der Waals surface area contributed by atoms with Crippen molar-refractivity contribution < 1.29 is 5.11 Å². The molecule has 4 nitrogen and oxygen atoms in total. The van der Waals surface area contributed by atoms with Crippen LogP contribution in [0.2, 0.25) is 0 Å². The van der Waals surface area contributed by atoms with Gasteiger partial charge in [0.2, 0.25) is 0 Å². The van der Waals surface area contributed by atoms with E-state index in [-0.39, 0.29) is 0 Å². The Morgan fingerprint density at radius 1 is 1.41 bits per heavy atom. The molecule has 1 unspecified atom stereocenters. The lowest BCUT2D eigenvalue weighted by Crippen LogP contribution is -2.02. The van der Waals surface area contributed by atoms with Crippen LogP contribution in [-0.2, 0) is 13.5 Å². The molecule has 0 aromatic carbocycles. The van der Waals surface area contributed by atoms with Gasteiger partial charge in [-0.05, 0) is 18.9 Å². The normalized spacial score (nSPS) is 12.7. The number of rotatable bonds is 3. The van der Waals surface area contributed by atoms with Crippen molar-refractivity contribution in [2.24, 2.45) is 7.05 Å². The second-order valence-corrected chi connectivity index (χ2v) is 4.26. The molecule has 0 saturated carbocycles. The smallest absolute Gasteiger partial charge is 0.109 e. The van der Waals surface area contributed by atoms with Gasteiger partial charge in [-0.2, -0.15) is 5.10 Å². The molecule has 0 saturated heterocycles. The minimum absolute atomic E-state index is 0.647. The van der Waals surface area contributed by atoms with Crippen LogP contribution in [-0.4, -0.2) is 19.9 Å². The second kappa shape index (κ2) is 4.67. The quantitative estimate of drug-likeness (QED) is 0.875. The zero-order valence-electron chi connectivity index (χ0n) is 10.4. The maximum absolute atomic E-state index is 10.3. The maximum atomic E-state index is 10.3. The summed E-state index contributed by atoms with van der Waals surface area (Å²) in [5.41, 5.74) is 3.65. The van der Waals surface area contributed by atoms with Gasteiger partial charge in [-0.15, -0.1) is 0 Å². The minimum Gasteiger partial charge on any atom is -0.383 e. The first kappa shape index (κ1) is 11.8. The van der Waals surface area contributed by atoms with Crippen LogP contribution in [0.3, 0.4) is 0 Å². The molecule has 0 amide bonds. The number of hydrogen-bond donors (Lipinski definition) is 1. The van der Waals surface area contributed by atoms with Crippen LogP contribution in [0.1, 0.15) is 35.4 Å². The van der Waals surface area contributed by atoms with Crippen molar-refractivity contribution in [3.05, 3.63) is 47.0 Å². The largest absolute Gasteiger partial charge is 0.383 e. The highest BCUT2D eigenvalue weighted by Gasteiger charge is 2.17. The van der Waals surface area contributed by atoms with E-state index >= 15 is 0 Å². The van der Waals surface area contributed by atoms with E-state index in [9.17, 15) is 5.11 Å². The number of aromatic nitrogens is 3. The third-order valence-electron chi connectivity index (χ3n) is 2.78. The summed E-state index contributed by atoms with van der Waals surface area (Å²) in [4.78, 5) is 4.11. The van der Waals surface area contributed by atoms with E-state index in [1.807, 2.05) is 33.2 Å². The van der Waals surface area contributed by atoms with E-state index in [2.05, 4.69) is 10.1 Å². The number of aliphatic hydroxyl groups is 1. The van der Waals surface area contributed by atoms with Crippen LogP contribution >= 0.6 is 0 Å². The van der Waals surface area contributed by atoms with Gasteiger partial charge < -0.3 is 5.11 Å². The van der Waals surface area contributed by atoms with E-state index in [1.165, 1.54) is 0 Å². The zero-order chi connectivity index (χ0) is 12.4.